The van der Waals surface area contributed by atoms with Gasteiger partial charge in [0.1, 0.15) is 0 Å². The van der Waals surface area contributed by atoms with E-state index in [-0.39, 0.29) is 11.6 Å². The largest absolute Gasteiger partial charge is 0.478 e. The normalized spacial score (nSPS) is 11.7. The third-order valence-corrected chi connectivity index (χ3v) is 4.17. The molecule has 116 valence electrons. The maximum absolute atomic E-state index is 11.5. The molecule has 1 atom stereocenters. The molecule has 3 N–H and O–H groups in total. The van der Waals surface area contributed by atoms with Crippen LogP contribution in [0.15, 0.2) is 24.3 Å². The maximum atomic E-state index is 11.5. The summed E-state index contributed by atoms with van der Waals surface area (Å²) >= 11 is 0. The Bertz CT molecular complexity index is 519. The van der Waals surface area contributed by atoms with Crippen molar-refractivity contribution in [2.75, 3.05) is 24.6 Å². The summed E-state index contributed by atoms with van der Waals surface area (Å²) in [6, 6.07) is 6.37. The van der Waals surface area contributed by atoms with E-state index in [0.29, 0.717) is 36.6 Å². The minimum atomic E-state index is -0.975. The zero-order valence-corrected chi connectivity index (χ0v) is 12.7. The zero-order chi connectivity index (χ0) is 15.7. The number of rotatable bonds is 8. The highest BCUT2D eigenvalue weighted by Crippen LogP contribution is 2.08. The number of carboxylic acid groups (broad SMARTS) is 1. The van der Waals surface area contributed by atoms with Crippen molar-refractivity contribution in [1.29, 1.82) is 0 Å². The first-order chi connectivity index (χ1) is 10.0. The quantitative estimate of drug-likeness (QED) is 0.667. The molecule has 0 bridgehead atoms. The number of carboxylic acids is 1. The van der Waals surface area contributed by atoms with Crippen LogP contribution in [0.4, 0.5) is 4.79 Å². The lowest BCUT2D eigenvalue weighted by atomic mass is 10.0. The maximum Gasteiger partial charge on any atom is 0.335 e. The second-order valence-electron chi connectivity index (χ2n) is 4.33. The van der Waals surface area contributed by atoms with Crippen LogP contribution in [0.25, 0.3) is 0 Å². The molecule has 2 amide bonds. The van der Waals surface area contributed by atoms with Crippen molar-refractivity contribution in [1.82, 2.24) is 10.6 Å². The van der Waals surface area contributed by atoms with Gasteiger partial charge in [-0.3, -0.25) is 4.21 Å². The van der Waals surface area contributed by atoms with Gasteiger partial charge >= 0.3 is 12.0 Å². The van der Waals surface area contributed by atoms with Crippen LogP contribution in [0, 0.1) is 0 Å². The van der Waals surface area contributed by atoms with Crippen molar-refractivity contribution in [2.24, 2.45) is 0 Å². The first kappa shape index (κ1) is 17.2. The number of benzene rings is 1. The minimum absolute atomic E-state index is 0.248. The van der Waals surface area contributed by atoms with E-state index < -0.39 is 16.8 Å². The van der Waals surface area contributed by atoms with E-state index in [9.17, 15) is 13.8 Å². The topological polar surface area (TPSA) is 95.5 Å². The number of urea groups is 1. The number of aromatic carboxylic acids is 1. The summed E-state index contributed by atoms with van der Waals surface area (Å²) in [6.45, 7) is 2.53. The highest BCUT2D eigenvalue weighted by molar-refractivity contribution is 7.84. The van der Waals surface area contributed by atoms with Gasteiger partial charge in [0, 0.05) is 35.4 Å². The lowest BCUT2D eigenvalue weighted by Crippen LogP contribution is -2.38. The summed E-state index contributed by atoms with van der Waals surface area (Å²) in [5, 5.41) is 14.3. The second kappa shape index (κ2) is 9.12. The standard InChI is InChI=1S/C14H20N2O4S/c1-2-21(20)10-9-16-14(19)15-8-7-11-5-3-4-6-12(11)13(17)18/h3-6H,2,7-10H2,1H3,(H,17,18)(H2,15,16,19). The summed E-state index contributed by atoms with van der Waals surface area (Å²) < 4.78 is 11.2. The van der Waals surface area contributed by atoms with Gasteiger partial charge in [-0.1, -0.05) is 25.1 Å². The van der Waals surface area contributed by atoms with E-state index >= 15 is 0 Å². The van der Waals surface area contributed by atoms with Gasteiger partial charge in [0.25, 0.3) is 0 Å². The van der Waals surface area contributed by atoms with E-state index in [0.717, 1.165) is 0 Å². The predicted molar refractivity (Wildman–Crippen MR) is 82.1 cm³/mol. The summed E-state index contributed by atoms with van der Waals surface area (Å²) in [4.78, 5) is 22.5. The molecule has 6 nitrogen and oxygen atoms in total. The van der Waals surface area contributed by atoms with Gasteiger partial charge in [-0.25, -0.2) is 9.59 Å². The van der Waals surface area contributed by atoms with Gasteiger partial charge in [-0.2, -0.15) is 0 Å². The lowest BCUT2D eigenvalue weighted by molar-refractivity contribution is 0.0695. The SMILES string of the molecule is CCS(=O)CCNC(=O)NCCc1ccccc1C(=O)O. The highest BCUT2D eigenvalue weighted by atomic mass is 32.2. The molecule has 1 unspecified atom stereocenters. The van der Waals surface area contributed by atoms with Crippen LogP contribution in [0.3, 0.4) is 0 Å². The number of nitrogens with one attached hydrogen (secondary N) is 2. The van der Waals surface area contributed by atoms with Crippen molar-refractivity contribution in [3.63, 3.8) is 0 Å². The van der Waals surface area contributed by atoms with Crippen LogP contribution in [0.5, 0.6) is 0 Å². The Morgan fingerprint density at radius 3 is 2.52 bits per heavy atom. The van der Waals surface area contributed by atoms with Gasteiger partial charge in [0.15, 0.2) is 0 Å². The first-order valence-corrected chi connectivity index (χ1v) is 8.21. The minimum Gasteiger partial charge on any atom is -0.478 e. The van der Waals surface area contributed by atoms with Crippen molar-refractivity contribution in [3.8, 4) is 0 Å². The number of carbonyl (C=O) groups is 2. The van der Waals surface area contributed by atoms with Crippen LogP contribution in [0.1, 0.15) is 22.8 Å². The Balaban J connectivity index is 2.32. The smallest absolute Gasteiger partial charge is 0.335 e. The third-order valence-electron chi connectivity index (χ3n) is 2.86. The Hall–Kier alpha value is -1.89. The molecule has 1 aromatic carbocycles. The molecular weight excluding hydrogens is 292 g/mol. The Morgan fingerprint density at radius 2 is 1.86 bits per heavy atom. The molecule has 0 fully saturated rings. The van der Waals surface area contributed by atoms with Crippen LogP contribution in [-0.2, 0) is 17.2 Å². The van der Waals surface area contributed by atoms with Crippen molar-refractivity contribution in [2.45, 2.75) is 13.3 Å². The van der Waals surface area contributed by atoms with E-state index in [2.05, 4.69) is 10.6 Å². The Kier molecular flexibility index (Phi) is 7.45. The average Bonchev–Trinajstić information content (AvgIpc) is 2.47. The van der Waals surface area contributed by atoms with E-state index in [4.69, 9.17) is 5.11 Å². The summed E-state index contributed by atoms with van der Waals surface area (Å²) in [5.41, 5.74) is 0.926. The first-order valence-electron chi connectivity index (χ1n) is 6.72. The van der Waals surface area contributed by atoms with Gasteiger partial charge in [-0.15, -0.1) is 0 Å². The fourth-order valence-corrected chi connectivity index (χ4v) is 2.36. The van der Waals surface area contributed by atoms with Crippen LogP contribution >= 0.6 is 0 Å². The monoisotopic (exact) mass is 312 g/mol. The fraction of sp³-hybridized carbons (Fsp3) is 0.429. The Labute approximate surface area is 126 Å². The molecule has 0 radical (unpaired) electrons. The molecule has 21 heavy (non-hydrogen) atoms. The molecule has 0 heterocycles. The molecule has 0 spiro atoms. The van der Waals surface area contributed by atoms with Crippen molar-refractivity contribution < 1.29 is 18.9 Å². The molecule has 0 saturated heterocycles. The Morgan fingerprint density at radius 1 is 1.19 bits per heavy atom. The summed E-state index contributed by atoms with van der Waals surface area (Å²) in [6.07, 6.45) is 0.441. The van der Waals surface area contributed by atoms with Crippen molar-refractivity contribution in [3.05, 3.63) is 35.4 Å². The molecular formula is C14H20N2O4S. The van der Waals surface area contributed by atoms with E-state index in [1.807, 2.05) is 6.92 Å². The third kappa shape index (κ3) is 6.40. The van der Waals surface area contributed by atoms with E-state index in [1.54, 1.807) is 18.2 Å². The number of amides is 2. The molecule has 0 aromatic heterocycles. The summed E-state index contributed by atoms with van der Waals surface area (Å²) in [5.74, 6) is 0.0400. The molecule has 1 aromatic rings. The average molecular weight is 312 g/mol. The van der Waals surface area contributed by atoms with Crippen LogP contribution in [0.2, 0.25) is 0 Å². The molecule has 0 saturated carbocycles. The summed E-state index contributed by atoms with van der Waals surface area (Å²) in [7, 11) is -0.895. The fourth-order valence-electron chi connectivity index (χ4n) is 1.74. The van der Waals surface area contributed by atoms with Gasteiger partial charge in [0.2, 0.25) is 0 Å². The predicted octanol–water partition coefficient (Wildman–Crippen LogP) is 0.995. The lowest BCUT2D eigenvalue weighted by Gasteiger charge is -2.08. The second-order valence-corrected chi connectivity index (χ2v) is 6.19. The highest BCUT2D eigenvalue weighted by Gasteiger charge is 2.09. The molecule has 1 rings (SSSR count). The van der Waals surface area contributed by atoms with Gasteiger partial charge < -0.3 is 15.7 Å². The molecule has 0 aliphatic carbocycles. The molecule has 7 heteroatoms. The number of carbonyl (C=O) groups excluding carboxylic acids is 1. The van der Waals surface area contributed by atoms with Crippen LogP contribution in [-0.4, -0.2) is 45.9 Å². The van der Waals surface area contributed by atoms with Gasteiger partial charge in [-0.05, 0) is 18.1 Å². The van der Waals surface area contributed by atoms with Crippen LogP contribution < -0.4 is 10.6 Å². The number of hydrogen-bond donors (Lipinski definition) is 3. The van der Waals surface area contributed by atoms with Gasteiger partial charge in [0.05, 0.1) is 5.56 Å². The molecule has 0 aliphatic rings. The number of hydrogen-bond acceptors (Lipinski definition) is 3. The van der Waals surface area contributed by atoms with Crippen molar-refractivity contribution >= 4 is 22.8 Å². The molecule has 0 aliphatic heterocycles. The van der Waals surface area contributed by atoms with E-state index in [1.165, 1.54) is 6.07 Å². The zero-order valence-electron chi connectivity index (χ0n) is 11.9.